The molecular formula is C51H38N2O. The molecule has 0 aliphatic carbocycles. The van der Waals surface area contributed by atoms with Crippen molar-refractivity contribution in [3.8, 4) is 72.5 Å². The Bertz CT molecular complexity index is 2800. The predicted molar refractivity (Wildman–Crippen MR) is 229 cm³/mol. The lowest BCUT2D eigenvalue weighted by molar-refractivity contribution is 0.415. The third kappa shape index (κ3) is 5.92. The van der Waals surface area contributed by atoms with Gasteiger partial charge in [0.1, 0.15) is 5.75 Å². The minimum absolute atomic E-state index is 0.706. The molecule has 3 nitrogen and oxygen atoms in total. The smallest absolute Gasteiger partial charge is 0.119 e. The fraction of sp³-hybridized carbons (Fsp3) is 0.0196. The molecule has 0 aliphatic rings. The van der Waals surface area contributed by atoms with Gasteiger partial charge in [0, 0.05) is 11.4 Å². The monoisotopic (exact) mass is 694 g/mol. The lowest BCUT2D eigenvalue weighted by Gasteiger charge is -2.23. The second-order valence-electron chi connectivity index (χ2n) is 13.7. The molecule has 0 atom stereocenters. The summed E-state index contributed by atoms with van der Waals surface area (Å²) in [6.07, 6.45) is 0. The van der Waals surface area contributed by atoms with Crippen LogP contribution in [-0.4, -0.2) is 7.11 Å². The fourth-order valence-corrected chi connectivity index (χ4v) is 7.94. The third-order valence-corrected chi connectivity index (χ3v) is 10.4. The maximum Gasteiger partial charge on any atom is 0.119 e. The van der Waals surface area contributed by atoms with E-state index in [4.69, 9.17) is 16.2 Å². The Kier molecular flexibility index (Phi) is 8.38. The molecule has 3 heteroatoms. The van der Waals surface area contributed by atoms with Gasteiger partial charge in [0.15, 0.2) is 0 Å². The van der Waals surface area contributed by atoms with Crippen molar-refractivity contribution in [2.75, 3.05) is 18.6 Å². The van der Waals surface area contributed by atoms with Gasteiger partial charge in [-0.1, -0.05) is 133 Å². The van der Waals surface area contributed by atoms with Crippen LogP contribution in [0.25, 0.3) is 88.3 Å². The number of fused-ring (bicyclic) bond motifs is 2. The number of benzene rings is 9. The molecule has 9 aromatic carbocycles. The summed E-state index contributed by atoms with van der Waals surface area (Å²) in [6, 6.07) is 66.3. The molecule has 9 aromatic rings. The summed E-state index contributed by atoms with van der Waals surface area (Å²) in [7, 11) is 1.70. The molecule has 0 spiro atoms. The predicted octanol–water partition coefficient (Wildman–Crippen LogP) is 13.2. The first-order valence-corrected chi connectivity index (χ1v) is 18.2. The van der Waals surface area contributed by atoms with Crippen molar-refractivity contribution in [1.29, 1.82) is 0 Å². The van der Waals surface area contributed by atoms with Gasteiger partial charge >= 0.3 is 0 Å². The number of nitrogens with two attached hydrogens (primary N) is 2. The Balaban J connectivity index is 1.48. The van der Waals surface area contributed by atoms with Gasteiger partial charge in [-0.25, -0.2) is 0 Å². The van der Waals surface area contributed by atoms with E-state index < -0.39 is 0 Å². The highest BCUT2D eigenvalue weighted by atomic mass is 16.5. The second kappa shape index (κ2) is 13.8. The normalized spacial score (nSPS) is 11.2. The van der Waals surface area contributed by atoms with Crippen LogP contribution in [0.2, 0.25) is 0 Å². The molecule has 0 saturated carbocycles. The first-order valence-electron chi connectivity index (χ1n) is 18.2. The van der Waals surface area contributed by atoms with Gasteiger partial charge in [0.2, 0.25) is 0 Å². The number of nitrogen functional groups attached to an aromatic ring is 2. The largest absolute Gasteiger partial charge is 0.497 e. The summed E-state index contributed by atoms with van der Waals surface area (Å²) < 4.78 is 5.68. The minimum Gasteiger partial charge on any atom is -0.497 e. The van der Waals surface area contributed by atoms with Gasteiger partial charge in [0.05, 0.1) is 7.11 Å². The second-order valence-corrected chi connectivity index (χ2v) is 13.7. The summed E-state index contributed by atoms with van der Waals surface area (Å²) in [6.45, 7) is 0. The lowest BCUT2D eigenvalue weighted by Crippen LogP contribution is -1.97. The molecule has 4 N–H and O–H groups in total. The van der Waals surface area contributed by atoms with Crippen molar-refractivity contribution in [2.45, 2.75) is 0 Å². The molecule has 0 aromatic heterocycles. The maximum atomic E-state index is 6.78. The number of anilines is 2. The van der Waals surface area contributed by atoms with Gasteiger partial charge in [-0.3, -0.25) is 0 Å². The summed E-state index contributed by atoms with van der Waals surface area (Å²) >= 11 is 0. The van der Waals surface area contributed by atoms with Gasteiger partial charge < -0.3 is 16.2 Å². The summed E-state index contributed by atoms with van der Waals surface area (Å²) in [5.74, 6) is 0.795. The average Bonchev–Trinajstić information content (AvgIpc) is 3.23. The Labute approximate surface area is 315 Å². The van der Waals surface area contributed by atoms with Crippen LogP contribution in [0.15, 0.2) is 188 Å². The molecule has 0 radical (unpaired) electrons. The van der Waals surface area contributed by atoms with E-state index in [0.717, 1.165) is 99.7 Å². The van der Waals surface area contributed by atoms with Gasteiger partial charge in [-0.15, -0.1) is 0 Å². The molecule has 9 rings (SSSR count). The van der Waals surface area contributed by atoms with E-state index in [-0.39, 0.29) is 0 Å². The zero-order valence-electron chi connectivity index (χ0n) is 30.0. The van der Waals surface area contributed by atoms with Gasteiger partial charge in [0.25, 0.3) is 0 Å². The van der Waals surface area contributed by atoms with Crippen LogP contribution >= 0.6 is 0 Å². The van der Waals surface area contributed by atoms with Crippen molar-refractivity contribution < 1.29 is 4.74 Å². The molecule has 258 valence electrons. The quantitative estimate of drug-likeness (QED) is 0.163. The molecule has 0 aliphatic heterocycles. The van der Waals surface area contributed by atoms with E-state index in [1.54, 1.807) is 7.11 Å². The van der Waals surface area contributed by atoms with E-state index in [1.807, 2.05) is 12.1 Å². The average molecular weight is 695 g/mol. The van der Waals surface area contributed by atoms with Gasteiger partial charge in [-0.2, -0.15) is 0 Å². The van der Waals surface area contributed by atoms with Gasteiger partial charge in [-0.05, 0) is 143 Å². The van der Waals surface area contributed by atoms with Crippen LogP contribution in [0, 0.1) is 0 Å². The highest BCUT2D eigenvalue weighted by molar-refractivity contribution is 6.18. The number of hydrogen-bond donors (Lipinski definition) is 2. The molecule has 0 heterocycles. The standard InChI is InChI=1S/C51H38N2O/c1-54-41-24-14-23-37(25-41)43-28-39(52)30-48-42(33-15-6-2-7-16-33)26-38(27-47(43)48)46-32-44(34-17-8-3-9-18-34)49-31-40(53)29-45(35-19-10-4-11-20-35)51(49)50(46)36-21-12-5-13-22-36/h2-32H,52-53H2,1H3. The first kappa shape index (κ1) is 32.8. The Morgan fingerprint density at radius 2 is 0.796 bits per heavy atom. The van der Waals surface area contributed by atoms with Crippen molar-refractivity contribution >= 4 is 32.9 Å². The van der Waals surface area contributed by atoms with Crippen LogP contribution in [0.5, 0.6) is 5.75 Å². The number of methoxy groups -OCH3 is 1. The summed E-state index contributed by atoms with van der Waals surface area (Å²) in [5, 5.41) is 4.46. The highest BCUT2D eigenvalue weighted by Gasteiger charge is 2.22. The molecular weight excluding hydrogens is 657 g/mol. The van der Waals surface area contributed by atoms with E-state index in [2.05, 4.69) is 176 Å². The fourth-order valence-electron chi connectivity index (χ4n) is 7.94. The molecule has 54 heavy (non-hydrogen) atoms. The Morgan fingerprint density at radius 1 is 0.333 bits per heavy atom. The Hall–Kier alpha value is -7.10. The maximum absolute atomic E-state index is 6.78. The van der Waals surface area contributed by atoms with Crippen LogP contribution in [0.1, 0.15) is 0 Å². The number of ether oxygens (including phenoxy) is 1. The number of rotatable bonds is 7. The lowest BCUT2D eigenvalue weighted by atomic mass is 9.81. The van der Waals surface area contributed by atoms with E-state index >= 15 is 0 Å². The van der Waals surface area contributed by atoms with Crippen molar-refractivity contribution in [3.05, 3.63) is 188 Å². The molecule has 0 bridgehead atoms. The number of hydrogen-bond acceptors (Lipinski definition) is 3. The zero-order valence-corrected chi connectivity index (χ0v) is 30.0. The minimum atomic E-state index is 0.706. The van der Waals surface area contributed by atoms with Crippen LogP contribution < -0.4 is 16.2 Å². The highest BCUT2D eigenvalue weighted by Crippen LogP contribution is 2.49. The van der Waals surface area contributed by atoms with E-state index in [1.165, 1.54) is 0 Å². The van der Waals surface area contributed by atoms with Crippen molar-refractivity contribution in [1.82, 2.24) is 0 Å². The topological polar surface area (TPSA) is 61.3 Å². The van der Waals surface area contributed by atoms with E-state index in [0.29, 0.717) is 5.69 Å². The Morgan fingerprint density at radius 3 is 1.39 bits per heavy atom. The van der Waals surface area contributed by atoms with Crippen LogP contribution in [0.3, 0.4) is 0 Å². The molecule has 0 fully saturated rings. The van der Waals surface area contributed by atoms with E-state index in [9.17, 15) is 0 Å². The summed E-state index contributed by atoms with van der Waals surface area (Å²) in [4.78, 5) is 0. The first-order chi connectivity index (χ1) is 26.6. The third-order valence-electron chi connectivity index (χ3n) is 10.4. The summed E-state index contributed by atoms with van der Waals surface area (Å²) in [5.41, 5.74) is 28.2. The molecule has 0 saturated heterocycles. The molecule has 0 amide bonds. The van der Waals surface area contributed by atoms with Crippen LogP contribution in [0.4, 0.5) is 11.4 Å². The van der Waals surface area contributed by atoms with Crippen LogP contribution in [-0.2, 0) is 0 Å². The van der Waals surface area contributed by atoms with Crippen molar-refractivity contribution in [3.63, 3.8) is 0 Å². The zero-order chi connectivity index (χ0) is 36.6. The molecule has 0 unspecified atom stereocenters. The van der Waals surface area contributed by atoms with Crippen molar-refractivity contribution in [2.24, 2.45) is 0 Å². The SMILES string of the molecule is COc1cccc(-c2cc(N)cc3c(-c4ccccc4)cc(-c4cc(-c5ccccc5)c5cc(N)cc(-c6ccccc6)c5c4-c4ccccc4)cc23)c1.